The summed E-state index contributed by atoms with van der Waals surface area (Å²) < 4.78 is 32.6. The van der Waals surface area contributed by atoms with E-state index >= 15 is 0 Å². The second kappa shape index (κ2) is 10.9. The van der Waals surface area contributed by atoms with Gasteiger partial charge in [0.15, 0.2) is 0 Å². The van der Waals surface area contributed by atoms with Crippen LogP contribution in [0.3, 0.4) is 0 Å². The minimum absolute atomic E-state index is 0.0921. The maximum absolute atomic E-state index is 13.2. The average Bonchev–Trinajstić information content (AvgIpc) is 3.40. The zero-order valence-electron chi connectivity index (χ0n) is 18.3. The molecule has 4 rings (SSSR count). The molecule has 0 aliphatic carbocycles. The summed E-state index contributed by atoms with van der Waals surface area (Å²) in [4.78, 5) is 26.4. The van der Waals surface area contributed by atoms with Crippen LogP contribution in [0.1, 0.15) is 15.2 Å². The summed E-state index contributed by atoms with van der Waals surface area (Å²) in [5.41, 5.74) is 1.22. The smallest absolute Gasteiger partial charge is 0.262 e. The Labute approximate surface area is 202 Å². The third-order valence-electron chi connectivity index (χ3n) is 5.36. The normalized spacial score (nSPS) is 15.4. The Morgan fingerprint density at radius 2 is 1.76 bits per heavy atom. The van der Waals surface area contributed by atoms with E-state index in [1.807, 2.05) is 30.3 Å². The van der Waals surface area contributed by atoms with Gasteiger partial charge in [0, 0.05) is 25.2 Å². The Hall–Kier alpha value is -3.05. The van der Waals surface area contributed by atoms with Crippen molar-refractivity contribution in [1.29, 1.82) is 0 Å². The average molecular weight is 500 g/mol. The van der Waals surface area contributed by atoms with Crippen LogP contribution >= 0.6 is 11.3 Å². The number of hydrogen-bond donors (Lipinski definition) is 2. The molecule has 8 nitrogen and oxygen atoms in total. The van der Waals surface area contributed by atoms with Gasteiger partial charge in [-0.15, -0.1) is 11.3 Å². The van der Waals surface area contributed by atoms with Gasteiger partial charge in [0.25, 0.3) is 5.91 Å². The number of nitrogens with one attached hydrogen (secondary N) is 2. The monoisotopic (exact) mass is 499 g/mol. The molecular weight excluding hydrogens is 474 g/mol. The summed E-state index contributed by atoms with van der Waals surface area (Å²) in [5.74, 6) is -0.774. The Bertz CT molecular complexity index is 1220. The Balaban J connectivity index is 1.52. The van der Waals surface area contributed by atoms with E-state index in [2.05, 4.69) is 10.6 Å². The van der Waals surface area contributed by atoms with Gasteiger partial charge in [0.05, 0.1) is 23.0 Å². The zero-order chi connectivity index (χ0) is 24.0. The van der Waals surface area contributed by atoms with Crippen LogP contribution in [0.25, 0.3) is 0 Å². The molecule has 0 spiro atoms. The van der Waals surface area contributed by atoms with E-state index in [0.29, 0.717) is 23.8 Å². The molecule has 1 aliphatic rings. The van der Waals surface area contributed by atoms with Gasteiger partial charge in [-0.1, -0.05) is 42.5 Å². The van der Waals surface area contributed by atoms with Gasteiger partial charge < -0.3 is 15.4 Å². The number of amides is 2. The fourth-order valence-electron chi connectivity index (χ4n) is 3.60. The van der Waals surface area contributed by atoms with E-state index in [9.17, 15) is 18.0 Å². The molecule has 10 heteroatoms. The third-order valence-corrected chi connectivity index (χ3v) is 8.12. The molecule has 1 aliphatic heterocycles. The highest BCUT2D eigenvalue weighted by molar-refractivity contribution is 7.89. The maximum atomic E-state index is 13.2. The van der Waals surface area contributed by atoms with Crippen molar-refractivity contribution in [3.63, 3.8) is 0 Å². The molecule has 2 N–H and O–H groups in total. The standard InChI is InChI=1S/C24H25N3O5S2/c28-23(21(16-18-6-2-1-3-7-18)26-24(29)22-10-5-15-33-22)25-19-8-4-9-20(17-19)34(30,31)27-11-13-32-14-12-27/h1-10,15,17,21H,11-14,16H2,(H,25,28)(H,26,29)/t21-/m0/s1. The fourth-order valence-corrected chi connectivity index (χ4v) is 5.68. The summed E-state index contributed by atoms with van der Waals surface area (Å²) in [6.07, 6.45) is 0.287. The predicted molar refractivity (Wildman–Crippen MR) is 130 cm³/mol. The van der Waals surface area contributed by atoms with E-state index in [1.165, 1.54) is 27.8 Å². The van der Waals surface area contributed by atoms with Crippen molar-refractivity contribution in [3.8, 4) is 0 Å². The summed E-state index contributed by atoms with van der Waals surface area (Å²) in [5, 5.41) is 7.37. The van der Waals surface area contributed by atoms with Crippen LogP contribution in [-0.4, -0.2) is 56.9 Å². The van der Waals surface area contributed by atoms with Gasteiger partial charge in [-0.25, -0.2) is 8.42 Å². The largest absolute Gasteiger partial charge is 0.379 e. The number of ether oxygens (including phenoxy) is 1. The van der Waals surface area contributed by atoms with Gasteiger partial charge >= 0.3 is 0 Å². The molecule has 2 heterocycles. The molecule has 1 aromatic heterocycles. The first-order valence-electron chi connectivity index (χ1n) is 10.8. The van der Waals surface area contributed by atoms with Crippen LogP contribution in [0.5, 0.6) is 0 Å². The summed E-state index contributed by atoms with van der Waals surface area (Å²) in [6.45, 7) is 1.27. The highest BCUT2D eigenvalue weighted by atomic mass is 32.2. The summed E-state index contributed by atoms with van der Waals surface area (Å²) in [7, 11) is -3.70. The summed E-state index contributed by atoms with van der Waals surface area (Å²) >= 11 is 1.29. The van der Waals surface area contributed by atoms with Crippen molar-refractivity contribution in [3.05, 3.63) is 82.6 Å². The Kier molecular flexibility index (Phi) is 7.73. The molecule has 1 saturated heterocycles. The minimum atomic E-state index is -3.70. The number of thiophene rings is 1. The summed E-state index contributed by atoms with van der Waals surface area (Å²) in [6, 6.07) is 18.1. The first-order valence-corrected chi connectivity index (χ1v) is 13.1. The molecule has 2 amide bonds. The second-order valence-electron chi connectivity index (χ2n) is 7.73. The van der Waals surface area contributed by atoms with E-state index in [-0.39, 0.29) is 30.3 Å². The van der Waals surface area contributed by atoms with Gasteiger partial charge in [-0.2, -0.15) is 4.31 Å². The fraction of sp³-hybridized carbons (Fsp3) is 0.250. The Morgan fingerprint density at radius 1 is 1.00 bits per heavy atom. The predicted octanol–water partition coefficient (Wildman–Crippen LogP) is 2.75. The molecule has 1 fully saturated rings. The third kappa shape index (κ3) is 5.89. The van der Waals surface area contributed by atoms with E-state index in [1.54, 1.807) is 29.6 Å². The van der Waals surface area contributed by atoms with Gasteiger partial charge in [0.1, 0.15) is 6.04 Å². The number of nitrogens with zero attached hydrogens (tertiary/aromatic N) is 1. The molecule has 1 atom stereocenters. The lowest BCUT2D eigenvalue weighted by atomic mass is 10.0. The van der Waals surface area contributed by atoms with Crippen LogP contribution in [0.15, 0.2) is 77.0 Å². The molecule has 0 bridgehead atoms. The van der Waals surface area contributed by atoms with Crippen molar-refractivity contribution in [1.82, 2.24) is 9.62 Å². The number of morpholine rings is 1. The number of anilines is 1. The van der Waals surface area contributed by atoms with Crippen LogP contribution in [0.4, 0.5) is 5.69 Å². The molecular formula is C24H25N3O5S2. The molecule has 178 valence electrons. The van der Waals surface area contributed by atoms with Crippen LogP contribution < -0.4 is 10.6 Å². The first-order chi connectivity index (χ1) is 16.4. The number of rotatable bonds is 8. The first kappa shape index (κ1) is 24.1. The number of benzene rings is 2. The van der Waals surface area contributed by atoms with Gasteiger partial charge in [-0.3, -0.25) is 9.59 Å². The maximum Gasteiger partial charge on any atom is 0.262 e. The topological polar surface area (TPSA) is 105 Å². The molecule has 0 unspecified atom stereocenters. The molecule has 3 aromatic rings. The van der Waals surface area contributed by atoms with E-state index in [4.69, 9.17) is 4.74 Å². The number of carbonyl (C=O) groups excluding carboxylic acids is 2. The number of carbonyl (C=O) groups is 2. The van der Waals surface area contributed by atoms with Crippen molar-refractivity contribution >= 4 is 38.9 Å². The highest BCUT2D eigenvalue weighted by Crippen LogP contribution is 2.21. The van der Waals surface area contributed by atoms with Crippen LogP contribution in [0.2, 0.25) is 0 Å². The highest BCUT2D eigenvalue weighted by Gasteiger charge is 2.27. The van der Waals surface area contributed by atoms with Crippen molar-refractivity contribution < 1.29 is 22.7 Å². The van der Waals surface area contributed by atoms with Gasteiger partial charge in [0.2, 0.25) is 15.9 Å². The van der Waals surface area contributed by atoms with Gasteiger partial charge in [-0.05, 0) is 35.2 Å². The van der Waals surface area contributed by atoms with Crippen LogP contribution in [0, 0.1) is 0 Å². The molecule has 0 radical (unpaired) electrons. The molecule has 0 saturated carbocycles. The molecule has 2 aromatic carbocycles. The van der Waals surface area contributed by atoms with Crippen LogP contribution in [-0.2, 0) is 26.0 Å². The lowest BCUT2D eigenvalue weighted by Gasteiger charge is -2.26. The quantitative estimate of drug-likeness (QED) is 0.496. The Morgan fingerprint density at radius 3 is 2.47 bits per heavy atom. The lowest BCUT2D eigenvalue weighted by molar-refractivity contribution is -0.118. The van der Waals surface area contributed by atoms with Crippen molar-refractivity contribution in [2.45, 2.75) is 17.4 Å². The zero-order valence-corrected chi connectivity index (χ0v) is 20.0. The SMILES string of the molecule is O=C(N[C@@H](Cc1ccccc1)C(=O)Nc1cccc(S(=O)(=O)N2CCOCC2)c1)c1cccs1. The second-order valence-corrected chi connectivity index (χ2v) is 10.6. The van der Waals surface area contributed by atoms with E-state index < -0.39 is 22.0 Å². The number of hydrogen-bond acceptors (Lipinski definition) is 6. The number of sulfonamides is 1. The van der Waals surface area contributed by atoms with Crippen molar-refractivity contribution in [2.24, 2.45) is 0 Å². The minimum Gasteiger partial charge on any atom is -0.379 e. The lowest BCUT2D eigenvalue weighted by Crippen LogP contribution is -2.45. The molecule has 34 heavy (non-hydrogen) atoms. The van der Waals surface area contributed by atoms with Crippen molar-refractivity contribution in [2.75, 3.05) is 31.6 Å². The van der Waals surface area contributed by atoms with E-state index in [0.717, 1.165) is 5.56 Å².